The quantitative estimate of drug-likeness (QED) is 0.300. The fraction of sp³-hybridized carbons (Fsp3) is 0.917. The molecular formula is C12H31GeNO2Si2. The summed E-state index contributed by atoms with van der Waals surface area (Å²) < 4.78 is 11.7. The third kappa shape index (κ3) is 12.7. The van der Waals surface area contributed by atoms with E-state index in [0.717, 1.165) is 12.3 Å². The molecule has 0 bridgehead atoms. The molecule has 0 saturated carbocycles. The topological polar surface area (TPSA) is 30.8 Å². The van der Waals surface area contributed by atoms with E-state index in [1.165, 1.54) is 5.25 Å². The molecule has 0 aromatic heterocycles. The molecule has 0 aromatic carbocycles. The SMILES string of the molecule is C[Si](C)(C)O/N=C(\C[CH2][Ge]([CH3])([CH3])[CH3])O[Si](C)(C)C. The summed E-state index contributed by atoms with van der Waals surface area (Å²) in [4.78, 5) is 0. The van der Waals surface area contributed by atoms with Crippen molar-refractivity contribution >= 4 is 35.8 Å². The molecule has 0 heterocycles. The van der Waals surface area contributed by atoms with Gasteiger partial charge >= 0.3 is 118 Å². The molecule has 0 aliphatic carbocycles. The molecule has 3 nitrogen and oxygen atoms in total. The maximum atomic E-state index is 6.04. The molecule has 0 atom stereocenters. The molecule has 0 unspecified atom stereocenters. The van der Waals surface area contributed by atoms with Crippen LogP contribution in [0.1, 0.15) is 6.42 Å². The zero-order chi connectivity index (χ0) is 14.6. The van der Waals surface area contributed by atoms with Crippen molar-refractivity contribution in [1.29, 1.82) is 0 Å². The normalized spacial score (nSPS) is 14.6. The number of oxime groups is 1. The minimum atomic E-state index is -1.61. The van der Waals surface area contributed by atoms with Crippen LogP contribution in [0.4, 0.5) is 0 Å². The van der Waals surface area contributed by atoms with E-state index in [2.05, 4.69) is 61.7 Å². The zero-order valence-corrected chi connectivity index (χ0v) is 17.8. The van der Waals surface area contributed by atoms with Gasteiger partial charge in [-0.2, -0.15) is 0 Å². The fourth-order valence-electron chi connectivity index (χ4n) is 1.14. The second-order valence-corrected chi connectivity index (χ2v) is 28.6. The summed E-state index contributed by atoms with van der Waals surface area (Å²) in [7, 11) is -3.19. The Morgan fingerprint density at radius 2 is 1.44 bits per heavy atom. The van der Waals surface area contributed by atoms with E-state index in [1.807, 2.05) is 0 Å². The van der Waals surface area contributed by atoms with Crippen LogP contribution >= 0.6 is 0 Å². The van der Waals surface area contributed by atoms with E-state index in [4.69, 9.17) is 8.95 Å². The Morgan fingerprint density at radius 1 is 0.944 bits per heavy atom. The first kappa shape index (κ1) is 18.2. The first-order valence-electron chi connectivity index (χ1n) is 6.73. The molecular weight excluding hydrogens is 319 g/mol. The van der Waals surface area contributed by atoms with Crippen LogP contribution in [-0.4, -0.2) is 35.8 Å². The summed E-state index contributed by atoms with van der Waals surface area (Å²) in [5.74, 6) is 8.10. The first-order valence-corrected chi connectivity index (χ1v) is 21.3. The van der Waals surface area contributed by atoms with E-state index in [-0.39, 0.29) is 0 Å². The Kier molecular flexibility index (Phi) is 6.70. The van der Waals surface area contributed by atoms with Crippen molar-refractivity contribution in [2.45, 2.75) is 68.2 Å². The van der Waals surface area contributed by atoms with Crippen molar-refractivity contribution < 1.29 is 8.95 Å². The summed E-state index contributed by atoms with van der Waals surface area (Å²) in [6, 6.07) is 0. The molecule has 0 spiro atoms. The molecule has 0 aliphatic rings. The molecule has 0 aliphatic heterocycles. The third-order valence-electron chi connectivity index (χ3n) is 1.93. The predicted molar refractivity (Wildman–Crippen MR) is 89.1 cm³/mol. The van der Waals surface area contributed by atoms with E-state index in [0.29, 0.717) is 0 Å². The molecule has 108 valence electrons. The van der Waals surface area contributed by atoms with Crippen molar-refractivity contribution in [1.82, 2.24) is 0 Å². The second-order valence-electron chi connectivity index (χ2n) is 7.96. The van der Waals surface area contributed by atoms with E-state index in [9.17, 15) is 0 Å². The van der Waals surface area contributed by atoms with Gasteiger partial charge in [0, 0.05) is 0 Å². The third-order valence-corrected chi connectivity index (χ3v) is 7.09. The Morgan fingerprint density at radius 3 is 1.78 bits per heavy atom. The molecule has 18 heavy (non-hydrogen) atoms. The summed E-state index contributed by atoms with van der Waals surface area (Å²) >= 11 is -1.53. The van der Waals surface area contributed by atoms with Gasteiger partial charge < -0.3 is 0 Å². The molecule has 6 heteroatoms. The van der Waals surface area contributed by atoms with Gasteiger partial charge in [0.1, 0.15) is 0 Å². The van der Waals surface area contributed by atoms with E-state index in [1.54, 1.807) is 0 Å². The molecule has 0 rings (SSSR count). The fourth-order valence-corrected chi connectivity index (χ4v) is 4.38. The van der Waals surface area contributed by atoms with Crippen LogP contribution in [0.5, 0.6) is 0 Å². The molecule has 0 N–H and O–H groups in total. The number of hydrogen-bond acceptors (Lipinski definition) is 3. The van der Waals surface area contributed by atoms with Crippen molar-refractivity contribution in [3.63, 3.8) is 0 Å². The summed E-state index contributed by atoms with van der Waals surface area (Å²) in [6.45, 7) is 13.0. The van der Waals surface area contributed by atoms with Crippen LogP contribution in [0, 0.1) is 0 Å². The van der Waals surface area contributed by atoms with Gasteiger partial charge in [0.25, 0.3) is 0 Å². The van der Waals surface area contributed by atoms with Crippen LogP contribution < -0.4 is 0 Å². The van der Waals surface area contributed by atoms with E-state index < -0.39 is 29.9 Å². The zero-order valence-electron chi connectivity index (χ0n) is 13.7. The van der Waals surface area contributed by atoms with Crippen molar-refractivity contribution in [3.8, 4) is 0 Å². The van der Waals surface area contributed by atoms with Gasteiger partial charge in [0.2, 0.25) is 0 Å². The van der Waals surface area contributed by atoms with Crippen LogP contribution in [-0.2, 0) is 8.95 Å². The Hall–Kier alpha value is 0.247. The van der Waals surface area contributed by atoms with Crippen molar-refractivity contribution in [3.05, 3.63) is 0 Å². The van der Waals surface area contributed by atoms with Gasteiger partial charge in [0.15, 0.2) is 0 Å². The van der Waals surface area contributed by atoms with Crippen molar-refractivity contribution in [2.75, 3.05) is 0 Å². The van der Waals surface area contributed by atoms with Gasteiger partial charge in [-0.15, -0.1) is 0 Å². The van der Waals surface area contributed by atoms with Gasteiger partial charge in [-0.05, 0) is 0 Å². The monoisotopic (exact) mass is 351 g/mol. The Bertz CT molecular complexity index is 288. The van der Waals surface area contributed by atoms with Crippen LogP contribution in [0.15, 0.2) is 5.16 Å². The van der Waals surface area contributed by atoms with Crippen LogP contribution in [0.25, 0.3) is 0 Å². The minimum absolute atomic E-state index is 0.831. The number of rotatable bonds is 6. The number of hydrogen-bond donors (Lipinski definition) is 0. The van der Waals surface area contributed by atoms with Gasteiger partial charge in [0.05, 0.1) is 0 Å². The van der Waals surface area contributed by atoms with Crippen molar-refractivity contribution in [2.24, 2.45) is 5.16 Å². The summed E-state index contributed by atoms with van der Waals surface area (Å²) in [5.41, 5.74) is 0. The average molecular weight is 350 g/mol. The Labute approximate surface area is 118 Å². The number of nitrogens with zero attached hydrogens (tertiary/aromatic N) is 1. The Balaban J connectivity index is 4.63. The molecule has 0 saturated heterocycles. The first-order chi connectivity index (χ1) is 7.79. The molecule has 0 fully saturated rings. The molecule has 0 aromatic rings. The molecule has 0 radical (unpaired) electrons. The standard InChI is InChI=1S/C12H31GeNO2Si2/c1-13(2,3)11-10-12(15-17(4,5)6)14-16-18(7,8)9/h10-11H2,1-9H3/b14-12+. The average Bonchev–Trinajstić information content (AvgIpc) is 2.05. The van der Waals surface area contributed by atoms with Gasteiger partial charge in [-0.25, -0.2) is 0 Å². The maximum absolute atomic E-state index is 6.04. The summed E-state index contributed by atoms with van der Waals surface area (Å²) in [5, 5.41) is 5.55. The van der Waals surface area contributed by atoms with Crippen LogP contribution in [0.2, 0.25) is 61.8 Å². The predicted octanol–water partition coefficient (Wildman–Crippen LogP) is 4.73. The van der Waals surface area contributed by atoms with E-state index >= 15 is 0 Å². The van der Waals surface area contributed by atoms with Gasteiger partial charge in [-0.1, -0.05) is 0 Å². The van der Waals surface area contributed by atoms with Crippen LogP contribution in [0.3, 0.4) is 0 Å². The summed E-state index contributed by atoms with van der Waals surface area (Å²) in [6.07, 6.45) is 0.943. The van der Waals surface area contributed by atoms with Gasteiger partial charge in [-0.3, -0.25) is 0 Å². The second kappa shape index (κ2) is 6.61. The molecule has 0 amide bonds.